The summed E-state index contributed by atoms with van der Waals surface area (Å²) in [5.74, 6) is 0.961. The average molecular weight is 217 g/mol. The predicted octanol–water partition coefficient (Wildman–Crippen LogP) is 3.40. The van der Waals surface area contributed by atoms with Crippen LogP contribution in [0.5, 0.6) is 0 Å². The van der Waals surface area contributed by atoms with Gasteiger partial charge in [0.2, 0.25) is 0 Å². The van der Waals surface area contributed by atoms with E-state index >= 15 is 0 Å². The van der Waals surface area contributed by atoms with Crippen LogP contribution in [0.15, 0.2) is 5.38 Å². The molecule has 1 fully saturated rings. The molecule has 1 heterocycles. The number of rotatable bonds is 4. The number of nitrogens with zero attached hydrogens (tertiary/aromatic N) is 1. The van der Waals surface area contributed by atoms with Gasteiger partial charge in [-0.2, -0.15) is 0 Å². The summed E-state index contributed by atoms with van der Waals surface area (Å²) in [5.41, 5.74) is 0. The third-order valence-corrected chi connectivity index (χ3v) is 3.65. The summed E-state index contributed by atoms with van der Waals surface area (Å²) in [4.78, 5) is 4.12. The number of thiazole rings is 1. The minimum absolute atomic E-state index is 0.594. The number of hydrogen-bond donors (Lipinski definition) is 1. The number of aromatic nitrogens is 1. The number of hydrogen-bond acceptors (Lipinski definition) is 3. The number of halogens is 1. The van der Waals surface area contributed by atoms with Gasteiger partial charge in [0, 0.05) is 11.9 Å². The van der Waals surface area contributed by atoms with Crippen molar-refractivity contribution in [2.24, 2.45) is 5.92 Å². The van der Waals surface area contributed by atoms with E-state index in [0.29, 0.717) is 5.15 Å². The number of nitrogens with one attached hydrogen (secondary N) is 1. The lowest BCUT2D eigenvalue weighted by atomic mass is 9.83. The lowest BCUT2D eigenvalue weighted by molar-refractivity contribution is 0.303. The number of anilines is 1. The first-order valence-electron chi connectivity index (χ1n) is 4.69. The lowest BCUT2D eigenvalue weighted by Gasteiger charge is -2.24. The summed E-state index contributed by atoms with van der Waals surface area (Å²) in [6.07, 6.45) is 5.53. The molecule has 1 N–H and O–H groups in total. The molecule has 0 aliphatic heterocycles. The van der Waals surface area contributed by atoms with Crippen molar-refractivity contribution in [2.75, 3.05) is 11.9 Å². The second kappa shape index (κ2) is 4.29. The van der Waals surface area contributed by atoms with Crippen LogP contribution in [0, 0.1) is 5.92 Å². The van der Waals surface area contributed by atoms with E-state index in [4.69, 9.17) is 11.6 Å². The van der Waals surface area contributed by atoms with E-state index in [1.807, 2.05) is 5.38 Å². The normalized spacial score (nSPS) is 17.0. The molecule has 2 rings (SSSR count). The third kappa shape index (κ3) is 2.58. The van der Waals surface area contributed by atoms with Crippen molar-refractivity contribution in [3.05, 3.63) is 10.5 Å². The molecular weight excluding hydrogens is 204 g/mol. The molecule has 0 spiro atoms. The summed E-state index contributed by atoms with van der Waals surface area (Å²) in [6.45, 7) is 1.04. The van der Waals surface area contributed by atoms with Gasteiger partial charge < -0.3 is 5.32 Å². The van der Waals surface area contributed by atoms with Crippen LogP contribution >= 0.6 is 22.9 Å². The highest BCUT2D eigenvalue weighted by atomic mass is 35.5. The lowest BCUT2D eigenvalue weighted by Crippen LogP contribution is -2.15. The second-order valence-corrected chi connectivity index (χ2v) is 4.73. The minimum atomic E-state index is 0.594. The second-order valence-electron chi connectivity index (χ2n) is 3.49. The van der Waals surface area contributed by atoms with Gasteiger partial charge in [-0.25, -0.2) is 4.98 Å². The van der Waals surface area contributed by atoms with Crippen LogP contribution in [-0.4, -0.2) is 11.5 Å². The van der Waals surface area contributed by atoms with Crippen LogP contribution in [0.4, 0.5) is 5.13 Å². The predicted molar refractivity (Wildman–Crippen MR) is 57.6 cm³/mol. The van der Waals surface area contributed by atoms with E-state index in [0.717, 1.165) is 17.6 Å². The molecule has 4 heteroatoms. The smallest absolute Gasteiger partial charge is 0.184 e. The maximum absolute atomic E-state index is 5.70. The Morgan fingerprint density at radius 2 is 2.46 bits per heavy atom. The average Bonchev–Trinajstić information content (AvgIpc) is 2.42. The van der Waals surface area contributed by atoms with Crippen LogP contribution in [-0.2, 0) is 0 Å². The van der Waals surface area contributed by atoms with Crippen LogP contribution in [0.25, 0.3) is 0 Å². The highest BCUT2D eigenvalue weighted by molar-refractivity contribution is 7.14. The molecule has 1 aliphatic carbocycles. The highest BCUT2D eigenvalue weighted by Gasteiger charge is 2.16. The van der Waals surface area contributed by atoms with Crippen molar-refractivity contribution in [1.29, 1.82) is 0 Å². The quantitative estimate of drug-likeness (QED) is 0.835. The zero-order valence-electron chi connectivity index (χ0n) is 7.42. The zero-order valence-corrected chi connectivity index (χ0v) is 9.00. The molecule has 1 aromatic heterocycles. The van der Waals surface area contributed by atoms with Gasteiger partial charge in [-0.05, 0) is 12.3 Å². The standard InChI is InChI=1S/C9H13ClN2S/c10-8-6-13-9(12-8)11-5-4-7-2-1-3-7/h6-7H,1-5H2,(H,11,12). The fourth-order valence-corrected chi connectivity index (χ4v) is 2.37. The molecule has 72 valence electrons. The van der Waals surface area contributed by atoms with E-state index in [1.54, 1.807) is 11.3 Å². The molecule has 1 saturated carbocycles. The van der Waals surface area contributed by atoms with Crippen molar-refractivity contribution in [3.63, 3.8) is 0 Å². The first-order valence-corrected chi connectivity index (χ1v) is 5.95. The summed E-state index contributed by atoms with van der Waals surface area (Å²) < 4.78 is 0. The molecule has 0 radical (unpaired) electrons. The zero-order chi connectivity index (χ0) is 9.10. The van der Waals surface area contributed by atoms with E-state index in [1.165, 1.54) is 25.7 Å². The summed E-state index contributed by atoms with van der Waals surface area (Å²) in [5, 5.41) is 6.68. The van der Waals surface area contributed by atoms with E-state index in [9.17, 15) is 0 Å². The van der Waals surface area contributed by atoms with Crippen molar-refractivity contribution < 1.29 is 0 Å². The molecule has 1 aliphatic rings. The summed E-state index contributed by atoms with van der Waals surface area (Å²) in [6, 6.07) is 0. The first-order chi connectivity index (χ1) is 6.34. The molecular formula is C9H13ClN2S. The third-order valence-electron chi connectivity index (χ3n) is 2.53. The largest absolute Gasteiger partial charge is 0.361 e. The van der Waals surface area contributed by atoms with Crippen molar-refractivity contribution in [3.8, 4) is 0 Å². The minimum Gasteiger partial charge on any atom is -0.361 e. The van der Waals surface area contributed by atoms with Gasteiger partial charge >= 0.3 is 0 Å². The molecule has 2 nitrogen and oxygen atoms in total. The molecule has 0 unspecified atom stereocenters. The van der Waals surface area contributed by atoms with Crippen molar-refractivity contribution in [2.45, 2.75) is 25.7 Å². The highest BCUT2D eigenvalue weighted by Crippen LogP contribution is 2.29. The molecule has 13 heavy (non-hydrogen) atoms. The Morgan fingerprint density at radius 1 is 1.62 bits per heavy atom. The van der Waals surface area contributed by atoms with E-state index < -0.39 is 0 Å². The van der Waals surface area contributed by atoms with E-state index in [2.05, 4.69) is 10.3 Å². The molecule has 0 aromatic carbocycles. The van der Waals surface area contributed by atoms with Crippen molar-refractivity contribution in [1.82, 2.24) is 4.98 Å². The Morgan fingerprint density at radius 3 is 3.00 bits per heavy atom. The Bertz CT molecular complexity index is 270. The Balaban J connectivity index is 1.67. The van der Waals surface area contributed by atoms with Gasteiger partial charge in [-0.1, -0.05) is 30.9 Å². The molecule has 0 amide bonds. The molecule has 1 aromatic rings. The van der Waals surface area contributed by atoms with Gasteiger partial charge in [-0.15, -0.1) is 11.3 Å². The van der Waals surface area contributed by atoms with Gasteiger partial charge in [0.15, 0.2) is 5.13 Å². The van der Waals surface area contributed by atoms with Gasteiger partial charge in [0.05, 0.1) is 0 Å². The molecule has 0 atom stereocenters. The van der Waals surface area contributed by atoms with Gasteiger partial charge in [0.25, 0.3) is 0 Å². The van der Waals surface area contributed by atoms with Crippen molar-refractivity contribution >= 4 is 28.1 Å². The van der Waals surface area contributed by atoms with Crippen LogP contribution in [0.3, 0.4) is 0 Å². The Kier molecular flexibility index (Phi) is 3.06. The van der Waals surface area contributed by atoms with Gasteiger partial charge in [0.1, 0.15) is 5.15 Å². The Labute approximate surface area is 87.3 Å². The summed E-state index contributed by atoms with van der Waals surface area (Å²) in [7, 11) is 0. The Hall–Kier alpha value is -0.280. The maximum Gasteiger partial charge on any atom is 0.184 e. The maximum atomic E-state index is 5.70. The van der Waals surface area contributed by atoms with Crippen LogP contribution < -0.4 is 5.32 Å². The SMILES string of the molecule is Clc1csc(NCCC2CCC2)n1. The summed E-state index contributed by atoms with van der Waals surface area (Å²) >= 11 is 7.27. The fourth-order valence-electron chi connectivity index (χ4n) is 1.50. The molecule has 0 saturated heterocycles. The van der Waals surface area contributed by atoms with Gasteiger partial charge in [-0.3, -0.25) is 0 Å². The molecule has 0 bridgehead atoms. The fraction of sp³-hybridized carbons (Fsp3) is 0.667. The van der Waals surface area contributed by atoms with Crippen LogP contribution in [0.2, 0.25) is 5.15 Å². The monoisotopic (exact) mass is 216 g/mol. The first kappa shape index (κ1) is 9.28. The topological polar surface area (TPSA) is 24.9 Å². The van der Waals surface area contributed by atoms with E-state index in [-0.39, 0.29) is 0 Å². The van der Waals surface area contributed by atoms with Crippen LogP contribution in [0.1, 0.15) is 25.7 Å².